The lowest BCUT2D eigenvalue weighted by atomic mass is 10.0. The van der Waals surface area contributed by atoms with Crippen molar-refractivity contribution in [3.63, 3.8) is 0 Å². The van der Waals surface area contributed by atoms with Crippen LogP contribution in [0.25, 0.3) is 0 Å². The van der Waals surface area contributed by atoms with Crippen LogP contribution < -0.4 is 4.74 Å². The molecular weight excluding hydrogens is 425 g/mol. The third-order valence-corrected chi connectivity index (χ3v) is 5.90. The molecule has 0 radical (unpaired) electrons. The molecule has 0 saturated carbocycles. The SMILES string of the molecule is COc1ccc(C2/C=C\CN(C(=O)N3CCOCC3)CC(=O)N2Cc2ccc(F)cc2)cc1. The van der Waals surface area contributed by atoms with E-state index in [2.05, 4.69) is 0 Å². The summed E-state index contributed by atoms with van der Waals surface area (Å²) in [4.78, 5) is 31.5. The van der Waals surface area contributed by atoms with Gasteiger partial charge >= 0.3 is 6.03 Å². The van der Waals surface area contributed by atoms with Crippen molar-refractivity contribution in [3.05, 3.63) is 77.6 Å². The molecule has 7 nitrogen and oxygen atoms in total. The molecule has 1 atom stereocenters. The predicted molar refractivity (Wildman–Crippen MR) is 121 cm³/mol. The van der Waals surface area contributed by atoms with Crippen LogP contribution in [0.3, 0.4) is 0 Å². The van der Waals surface area contributed by atoms with Crippen molar-refractivity contribution in [2.45, 2.75) is 12.6 Å². The van der Waals surface area contributed by atoms with E-state index >= 15 is 0 Å². The Kier molecular flexibility index (Phi) is 7.24. The third-order valence-electron chi connectivity index (χ3n) is 5.90. The van der Waals surface area contributed by atoms with E-state index in [-0.39, 0.29) is 30.3 Å². The zero-order valence-electron chi connectivity index (χ0n) is 18.7. The summed E-state index contributed by atoms with van der Waals surface area (Å²) in [6.07, 6.45) is 3.87. The number of rotatable bonds is 4. The van der Waals surface area contributed by atoms with Gasteiger partial charge in [-0.05, 0) is 35.4 Å². The average molecular weight is 454 g/mol. The molecule has 174 valence electrons. The molecule has 0 bridgehead atoms. The summed E-state index contributed by atoms with van der Waals surface area (Å²) in [6, 6.07) is 13.2. The second-order valence-electron chi connectivity index (χ2n) is 8.06. The number of morpholine rings is 1. The van der Waals surface area contributed by atoms with Crippen LogP contribution in [0.4, 0.5) is 9.18 Å². The molecule has 0 aromatic heterocycles. The highest BCUT2D eigenvalue weighted by molar-refractivity contribution is 5.85. The van der Waals surface area contributed by atoms with Crippen LogP contribution in [0.5, 0.6) is 5.75 Å². The van der Waals surface area contributed by atoms with Crippen LogP contribution in [-0.2, 0) is 16.1 Å². The van der Waals surface area contributed by atoms with Gasteiger partial charge in [0.15, 0.2) is 0 Å². The summed E-state index contributed by atoms with van der Waals surface area (Å²) in [7, 11) is 1.61. The average Bonchev–Trinajstić information content (AvgIpc) is 2.85. The molecule has 0 spiro atoms. The van der Waals surface area contributed by atoms with Crippen molar-refractivity contribution >= 4 is 11.9 Å². The summed E-state index contributed by atoms with van der Waals surface area (Å²) in [5.41, 5.74) is 1.73. The maximum absolute atomic E-state index is 13.5. The fourth-order valence-electron chi connectivity index (χ4n) is 4.06. The van der Waals surface area contributed by atoms with Gasteiger partial charge in [0.25, 0.3) is 0 Å². The van der Waals surface area contributed by atoms with E-state index in [4.69, 9.17) is 9.47 Å². The first-order valence-electron chi connectivity index (χ1n) is 11.0. The van der Waals surface area contributed by atoms with Crippen LogP contribution in [0, 0.1) is 5.82 Å². The Morgan fingerprint density at radius 1 is 1.06 bits per heavy atom. The number of hydrogen-bond acceptors (Lipinski definition) is 4. The molecule has 2 aromatic rings. The molecule has 2 aromatic carbocycles. The fourth-order valence-corrected chi connectivity index (χ4v) is 4.06. The number of ether oxygens (including phenoxy) is 2. The van der Waals surface area contributed by atoms with Crippen LogP contribution in [0.15, 0.2) is 60.7 Å². The topological polar surface area (TPSA) is 62.3 Å². The summed E-state index contributed by atoms with van der Waals surface area (Å²) < 4.78 is 24.0. The molecule has 1 fully saturated rings. The number of methoxy groups -OCH3 is 1. The second kappa shape index (κ2) is 10.5. The van der Waals surface area contributed by atoms with E-state index in [0.29, 0.717) is 39.4 Å². The van der Waals surface area contributed by atoms with Gasteiger partial charge in [0.05, 0.1) is 26.4 Å². The van der Waals surface area contributed by atoms with Gasteiger partial charge in [-0.2, -0.15) is 0 Å². The van der Waals surface area contributed by atoms with E-state index in [1.165, 1.54) is 12.1 Å². The zero-order valence-corrected chi connectivity index (χ0v) is 18.7. The molecule has 1 saturated heterocycles. The highest BCUT2D eigenvalue weighted by Crippen LogP contribution is 2.28. The molecule has 2 aliphatic heterocycles. The smallest absolute Gasteiger partial charge is 0.320 e. The number of carbonyl (C=O) groups is 2. The minimum atomic E-state index is -0.327. The highest BCUT2D eigenvalue weighted by Gasteiger charge is 2.30. The summed E-state index contributed by atoms with van der Waals surface area (Å²) in [5, 5.41) is 0. The van der Waals surface area contributed by atoms with Crippen LogP contribution in [0.2, 0.25) is 0 Å². The molecule has 8 heteroatoms. The third kappa shape index (κ3) is 5.51. The van der Waals surface area contributed by atoms with Crippen LogP contribution in [0.1, 0.15) is 17.2 Å². The van der Waals surface area contributed by atoms with Crippen molar-refractivity contribution < 1.29 is 23.5 Å². The first kappa shape index (κ1) is 22.8. The van der Waals surface area contributed by atoms with E-state index in [0.717, 1.165) is 16.9 Å². The standard InChI is InChI=1S/C25H28FN3O4/c1-32-22-10-6-20(7-11-22)23-3-2-12-28(25(31)27-13-15-33-16-14-27)18-24(30)29(23)17-19-4-8-21(26)9-5-19/h2-11,23H,12-18H2,1H3/b3-2-. The Morgan fingerprint density at radius 3 is 2.42 bits per heavy atom. The molecule has 33 heavy (non-hydrogen) atoms. The van der Waals surface area contributed by atoms with Gasteiger partial charge in [-0.25, -0.2) is 9.18 Å². The highest BCUT2D eigenvalue weighted by atomic mass is 19.1. The van der Waals surface area contributed by atoms with Gasteiger partial charge in [-0.1, -0.05) is 36.4 Å². The fraction of sp³-hybridized carbons (Fsp3) is 0.360. The molecular formula is C25H28FN3O4. The van der Waals surface area contributed by atoms with Crippen molar-refractivity contribution in [3.8, 4) is 5.75 Å². The quantitative estimate of drug-likeness (QED) is 0.667. The Morgan fingerprint density at radius 2 is 1.76 bits per heavy atom. The number of benzene rings is 2. The largest absolute Gasteiger partial charge is 0.497 e. The maximum Gasteiger partial charge on any atom is 0.320 e. The minimum Gasteiger partial charge on any atom is -0.497 e. The van der Waals surface area contributed by atoms with Crippen LogP contribution >= 0.6 is 0 Å². The predicted octanol–water partition coefficient (Wildman–Crippen LogP) is 3.23. The van der Waals surface area contributed by atoms with E-state index in [1.807, 2.05) is 36.4 Å². The second-order valence-corrected chi connectivity index (χ2v) is 8.06. The number of carbonyl (C=O) groups excluding carboxylic acids is 2. The number of nitrogens with zero attached hydrogens (tertiary/aromatic N) is 3. The first-order valence-corrected chi connectivity index (χ1v) is 11.0. The van der Waals surface area contributed by atoms with Gasteiger partial charge < -0.3 is 24.2 Å². The zero-order chi connectivity index (χ0) is 23.2. The van der Waals surface area contributed by atoms with Crippen molar-refractivity contribution in [1.82, 2.24) is 14.7 Å². The van der Waals surface area contributed by atoms with E-state index in [1.54, 1.807) is 33.9 Å². The molecule has 4 rings (SSSR count). The number of urea groups is 1. The molecule has 2 aliphatic rings. The van der Waals surface area contributed by atoms with Gasteiger partial charge in [0.2, 0.25) is 5.91 Å². The van der Waals surface area contributed by atoms with Gasteiger partial charge in [-0.3, -0.25) is 4.79 Å². The van der Waals surface area contributed by atoms with Crippen molar-refractivity contribution in [2.24, 2.45) is 0 Å². The summed E-state index contributed by atoms with van der Waals surface area (Å²) in [5.74, 6) is 0.227. The van der Waals surface area contributed by atoms with E-state index in [9.17, 15) is 14.0 Å². The van der Waals surface area contributed by atoms with Crippen molar-refractivity contribution in [2.75, 3.05) is 46.5 Å². The monoisotopic (exact) mass is 453 g/mol. The number of hydrogen-bond donors (Lipinski definition) is 0. The molecule has 0 N–H and O–H groups in total. The lowest BCUT2D eigenvalue weighted by Crippen LogP contribution is -2.52. The van der Waals surface area contributed by atoms with Gasteiger partial charge in [0.1, 0.15) is 18.1 Å². The molecule has 2 heterocycles. The first-order chi connectivity index (χ1) is 16.0. The Bertz CT molecular complexity index is 988. The Balaban J connectivity index is 1.62. The van der Waals surface area contributed by atoms with E-state index < -0.39 is 0 Å². The molecule has 1 unspecified atom stereocenters. The summed E-state index contributed by atoms with van der Waals surface area (Å²) >= 11 is 0. The molecule has 3 amide bonds. The lowest BCUT2D eigenvalue weighted by molar-refractivity contribution is -0.134. The van der Waals surface area contributed by atoms with Crippen molar-refractivity contribution in [1.29, 1.82) is 0 Å². The Hall–Kier alpha value is -3.39. The minimum absolute atomic E-state index is 0.0334. The van der Waals surface area contributed by atoms with Crippen LogP contribution in [-0.4, -0.2) is 73.1 Å². The number of amides is 3. The Labute approximate surface area is 193 Å². The number of halogens is 1. The summed E-state index contributed by atoms with van der Waals surface area (Å²) in [6.45, 7) is 2.63. The van der Waals surface area contributed by atoms with Gasteiger partial charge in [-0.15, -0.1) is 0 Å². The maximum atomic E-state index is 13.5. The lowest BCUT2D eigenvalue weighted by Gasteiger charge is -2.37. The normalized spacial score (nSPS) is 20.2. The van der Waals surface area contributed by atoms with Gasteiger partial charge in [0, 0.05) is 26.2 Å². The molecule has 0 aliphatic carbocycles.